The zero-order chi connectivity index (χ0) is 9.73. The molecule has 0 bridgehead atoms. The number of carbonyl (C=O) groups excluding carboxylic acids is 1. The van der Waals surface area contributed by atoms with Gasteiger partial charge in [-0.1, -0.05) is 13.3 Å². The summed E-state index contributed by atoms with van der Waals surface area (Å²) in [5.41, 5.74) is -0.106. The second-order valence-electron chi connectivity index (χ2n) is 3.82. The summed E-state index contributed by atoms with van der Waals surface area (Å²) in [6.07, 6.45) is 3.08. The molecule has 1 heterocycles. The number of rotatable bonds is 4. The van der Waals surface area contributed by atoms with Crippen molar-refractivity contribution in [2.24, 2.45) is 5.41 Å². The minimum absolute atomic E-state index is 0.106. The lowest BCUT2D eigenvalue weighted by molar-refractivity contribution is -0.130. The molecule has 1 saturated heterocycles. The molecule has 0 aromatic carbocycles. The van der Waals surface area contributed by atoms with E-state index in [0.717, 1.165) is 38.9 Å². The quantitative estimate of drug-likeness (QED) is 0.681. The van der Waals surface area contributed by atoms with E-state index in [0.29, 0.717) is 0 Å². The van der Waals surface area contributed by atoms with Gasteiger partial charge in [0.1, 0.15) is 0 Å². The summed E-state index contributed by atoms with van der Waals surface area (Å²) in [5, 5.41) is 6.21. The van der Waals surface area contributed by atoms with E-state index in [9.17, 15) is 4.79 Å². The van der Waals surface area contributed by atoms with Crippen molar-refractivity contribution in [1.82, 2.24) is 10.6 Å². The fourth-order valence-electron chi connectivity index (χ4n) is 2.09. The van der Waals surface area contributed by atoms with Crippen LogP contribution in [0.1, 0.15) is 33.1 Å². The lowest BCUT2D eigenvalue weighted by Crippen LogP contribution is -2.42. The molecule has 1 aliphatic heterocycles. The smallest absolute Gasteiger partial charge is 0.227 e. The molecule has 76 valence electrons. The molecule has 0 radical (unpaired) electrons. The molecule has 1 unspecified atom stereocenters. The molecule has 1 rings (SSSR count). The maximum atomic E-state index is 11.8. The maximum absolute atomic E-state index is 11.8. The zero-order valence-corrected chi connectivity index (χ0v) is 8.65. The van der Waals surface area contributed by atoms with Gasteiger partial charge in [-0.25, -0.2) is 0 Å². The number of hydrogen-bond donors (Lipinski definition) is 2. The van der Waals surface area contributed by atoms with Crippen LogP contribution in [0.3, 0.4) is 0 Å². The Morgan fingerprint density at radius 1 is 1.54 bits per heavy atom. The molecule has 2 N–H and O–H groups in total. The molecule has 0 spiro atoms. The van der Waals surface area contributed by atoms with Crippen LogP contribution in [0.25, 0.3) is 0 Å². The second kappa shape index (κ2) is 4.61. The Labute approximate surface area is 80.3 Å². The third kappa shape index (κ3) is 2.21. The zero-order valence-electron chi connectivity index (χ0n) is 8.65. The van der Waals surface area contributed by atoms with Gasteiger partial charge >= 0.3 is 0 Å². The topological polar surface area (TPSA) is 41.1 Å². The van der Waals surface area contributed by atoms with Crippen LogP contribution in [0.2, 0.25) is 0 Å². The molecule has 1 fully saturated rings. The Balaban J connectivity index is 2.60. The van der Waals surface area contributed by atoms with Crippen molar-refractivity contribution < 1.29 is 4.79 Å². The van der Waals surface area contributed by atoms with E-state index in [1.54, 1.807) is 0 Å². The highest BCUT2D eigenvalue weighted by atomic mass is 16.2. The van der Waals surface area contributed by atoms with Gasteiger partial charge < -0.3 is 10.6 Å². The van der Waals surface area contributed by atoms with Crippen molar-refractivity contribution in [3.05, 3.63) is 0 Å². The molecule has 13 heavy (non-hydrogen) atoms. The number of nitrogens with one attached hydrogen (secondary N) is 2. The van der Waals surface area contributed by atoms with Crippen LogP contribution < -0.4 is 10.6 Å². The van der Waals surface area contributed by atoms with E-state index >= 15 is 0 Å². The Hall–Kier alpha value is -0.570. The van der Waals surface area contributed by atoms with Crippen molar-refractivity contribution in [2.45, 2.75) is 33.1 Å². The first-order valence-electron chi connectivity index (χ1n) is 5.24. The summed E-state index contributed by atoms with van der Waals surface area (Å²) in [4.78, 5) is 11.8. The minimum Gasteiger partial charge on any atom is -0.356 e. The molecule has 1 atom stereocenters. The molecule has 0 aliphatic carbocycles. The van der Waals surface area contributed by atoms with Crippen molar-refractivity contribution in [1.29, 1.82) is 0 Å². The SMILES string of the molecule is CCCC1(C(=O)NCC)CCNC1. The van der Waals surface area contributed by atoms with E-state index in [-0.39, 0.29) is 11.3 Å². The molecular weight excluding hydrogens is 164 g/mol. The lowest BCUT2D eigenvalue weighted by Gasteiger charge is -2.25. The largest absolute Gasteiger partial charge is 0.356 e. The summed E-state index contributed by atoms with van der Waals surface area (Å²) < 4.78 is 0. The Bertz CT molecular complexity index is 174. The van der Waals surface area contributed by atoms with E-state index in [2.05, 4.69) is 17.6 Å². The van der Waals surface area contributed by atoms with E-state index in [1.807, 2.05) is 6.92 Å². The third-order valence-electron chi connectivity index (χ3n) is 2.79. The summed E-state index contributed by atoms with van der Waals surface area (Å²) in [5.74, 6) is 0.238. The van der Waals surface area contributed by atoms with Gasteiger partial charge in [-0.15, -0.1) is 0 Å². The van der Waals surface area contributed by atoms with E-state index in [4.69, 9.17) is 0 Å². The highest BCUT2D eigenvalue weighted by Gasteiger charge is 2.39. The first-order valence-corrected chi connectivity index (χ1v) is 5.24. The first kappa shape index (κ1) is 10.5. The summed E-state index contributed by atoms with van der Waals surface area (Å²) >= 11 is 0. The standard InChI is InChI=1S/C10H20N2O/c1-3-5-10(6-7-11-8-10)9(13)12-4-2/h11H,3-8H2,1-2H3,(H,12,13). The van der Waals surface area contributed by atoms with Gasteiger partial charge in [0.05, 0.1) is 5.41 Å². The second-order valence-corrected chi connectivity index (χ2v) is 3.82. The summed E-state index contributed by atoms with van der Waals surface area (Å²) in [6, 6.07) is 0. The van der Waals surface area contributed by atoms with Gasteiger partial charge in [0, 0.05) is 13.1 Å². The minimum atomic E-state index is -0.106. The lowest BCUT2D eigenvalue weighted by atomic mass is 9.81. The van der Waals surface area contributed by atoms with Gasteiger partial charge in [-0.3, -0.25) is 4.79 Å². The molecule has 0 saturated carbocycles. The van der Waals surface area contributed by atoms with Crippen LogP contribution in [-0.4, -0.2) is 25.5 Å². The molecule has 1 amide bonds. The average Bonchev–Trinajstić information content (AvgIpc) is 2.55. The van der Waals surface area contributed by atoms with Gasteiger partial charge in [-0.05, 0) is 26.3 Å². The number of amides is 1. The highest BCUT2D eigenvalue weighted by Crippen LogP contribution is 2.31. The molecule has 1 aliphatic rings. The fraction of sp³-hybridized carbons (Fsp3) is 0.900. The van der Waals surface area contributed by atoms with E-state index in [1.165, 1.54) is 0 Å². The van der Waals surface area contributed by atoms with Gasteiger partial charge in [-0.2, -0.15) is 0 Å². The molecule has 3 nitrogen and oxygen atoms in total. The van der Waals surface area contributed by atoms with Crippen LogP contribution in [0.5, 0.6) is 0 Å². The van der Waals surface area contributed by atoms with Crippen LogP contribution in [-0.2, 0) is 4.79 Å². The first-order chi connectivity index (χ1) is 6.25. The third-order valence-corrected chi connectivity index (χ3v) is 2.79. The monoisotopic (exact) mass is 184 g/mol. The van der Waals surface area contributed by atoms with Crippen molar-refractivity contribution in [2.75, 3.05) is 19.6 Å². The van der Waals surface area contributed by atoms with Crippen LogP contribution in [0.15, 0.2) is 0 Å². The predicted molar refractivity (Wildman–Crippen MR) is 53.5 cm³/mol. The van der Waals surface area contributed by atoms with Crippen molar-refractivity contribution >= 4 is 5.91 Å². The average molecular weight is 184 g/mol. The molecule has 0 aromatic rings. The molecule has 3 heteroatoms. The Kier molecular flexibility index (Phi) is 3.72. The van der Waals surface area contributed by atoms with Gasteiger partial charge in [0.15, 0.2) is 0 Å². The summed E-state index contributed by atoms with van der Waals surface area (Å²) in [7, 11) is 0. The molecular formula is C10H20N2O. The fourth-order valence-corrected chi connectivity index (χ4v) is 2.09. The summed E-state index contributed by atoms with van der Waals surface area (Å²) in [6.45, 7) is 6.69. The van der Waals surface area contributed by atoms with Gasteiger partial charge in [0.25, 0.3) is 0 Å². The van der Waals surface area contributed by atoms with Gasteiger partial charge in [0.2, 0.25) is 5.91 Å². The van der Waals surface area contributed by atoms with Crippen LogP contribution in [0, 0.1) is 5.41 Å². The van der Waals surface area contributed by atoms with Crippen LogP contribution in [0.4, 0.5) is 0 Å². The Morgan fingerprint density at radius 2 is 2.31 bits per heavy atom. The van der Waals surface area contributed by atoms with E-state index < -0.39 is 0 Å². The Morgan fingerprint density at radius 3 is 2.77 bits per heavy atom. The normalized spacial score (nSPS) is 27.5. The van der Waals surface area contributed by atoms with Crippen molar-refractivity contribution in [3.63, 3.8) is 0 Å². The maximum Gasteiger partial charge on any atom is 0.227 e. The highest BCUT2D eigenvalue weighted by molar-refractivity contribution is 5.83. The van der Waals surface area contributed by atoms with Crippen molar-refractivity contribution in [3.8, 4) is 0 Å². The number of carbonyl (C=O) groups is 1. The predicted octanol–water partition coefficient (Wildman–Crippen LogP) is 0.902. The molecule has 0 aromatic heterocycles. The van der Waals surface area contributed by atoms with Crippen LogP contribution >= 0.6 is 0 Å². The number of hydrogen-bond acceptors (Lipinski definition) is 2.